The molecule has 1 spiro atoms. The standard InChI is InChI=1S/C22H32O6/c1-10-12-8-22(19(10)27)9-13(24)17-20(3,4)14(25)6-7-21(17,5)18(22)16(15(12)26)28-11(2)23/h12-18,24-26H,1,6-9H2,2-5H3/t12?,13?,14-,15?,16?,17+,18-,21?,22?/m0/s1. The topological polar surface area (TPSA) is 104 Å². The van der Waals surface area contributed by atoms with Gasteiger partial charge in [-0.05, 0) is 48.0 Å². The van der Waals surface area contributed by atoms with Crippen LogP contribution in [-0.4, -0.2) is 51.5 Å². The molecule has 6 unspecified atom stereocenters. The molecule has 4 rings (SSSR count). The predicted octanol–water partition coefficient (Wildman–Crippen LogP) is 1.61. The van der Waals surface area contributed by atoms with Crippen molar-refractivity contribution in [1.82, 2.24) is 0 Å². The lowest BCUT2D eigenvalue weighted by Crippen LogP contribution is -2.69. The van der Waals surface area contributed by atoms with Gasteiger partial charge in [0.1, 0.15) is 6.10 Å². The Bertz CT molecular complexity index is 743. The normalized spacial score (nSPS) is 52.0. The number of esters is 1. The second kappa shape index (κ2) is 5.89. The van der Waals surface area contributed by atoms with Crippen molar-refractivity contribution in [3.05, 3.63) is 12.2 Å². The monoisotopic (exact) mass is 392 g/mol. The van der Waals surface area contributed by atoms with Crippen LogP contribution >= 0.6 is 0 Å². The summed E-state index contributed by atoms with van der Waals surface area (Å²) in [6, 6.07) is 0. The first kappa shape index (κ1) is 20.0. The van der Waals surface area contributed by atoms with Crippen molar-refractivity contribution < 1.29 is 29.6 Å². The maximum Gasteiger partial charge on any atom is 0.303 e. The summed E-state index contributed by atoms with van der Waals surface area (Å²) >= 11 is 0. The molecule has 4 aliphatic carbocycles. The van der Waals surface area contributed by atoms with Gasteiger partial charge in [0.25, 0.3) is 0 Å². The largest absolute Gasteiger partial charge is 0.459 e. The van der Waals surface area contributed by atoms with E-state index in [1.807, 2.05) is 20.8 Å². The summed E-state index contributed by atoms with van der Waals surface area (Å²) in [4.78, 5) is 25.3. The van der Waals surface area contributed by atoms with E-state index in [2.05, 4.69) is 6.58 Å². The fourth-order valence-corrected chi connectivity index (χ4v) is 7.88. The zero-order chi connectivity index (χ0) is 20.8. The van der Waals surface area contributed by atoms with E-state index in [-0.39, 0.29) is 18.1 Å². The Morgan fingerprint density at radius 3 is 2.39 bits per heavy atom. The highest BCUT2D eigenvalue weighted by atomic mass is 16.6. The molecule has 0 aromatic heterocycles. The summed E-state index contributed by atoms with van der Waals surface area (Å²) in [5.41, 5.74) is -1.61. The minimum atomic E-state index is -0.983. The van der Waals surface area contributed by atoms with Gasteiger partial charge in [-0.3, -0.25) is 9.59 Å². The van der Waals surface area contributed by atoms with Gasteiger partial charge < -0.3 is 20.1 Å². The Kier molecular flexibility index (Phi) is 4.22. The average Bonchev–Trinajstić information content (AvgIpc) is 2.78. The van der Waals surface area contributed by atoms with Gasteiger partial charge in [-0.1, -0.05) is 27.4 Å². The quantitative estimate of drug-likeness (QED) is 0.463. The Morgan fingerprint density at radius 2 is 1.79 bits per heavy atom. The summed E-state index contributed by atoms with van der Waals surface area (Å²) in [5, 5.41) is 33.0. The fourth-order valence-electron chi connectivity index (χ4n) is 7.88. The SMILES string of the molecule is C=C1C(=O)C23CC1C(O)C(OC(C)=O)[C@H]2C1(C)CC[C@H](O)C(C)(C)[C@H]1C(O)C3. The van der Waals surface area contributed by atoms with Crippen molar-refractivity contribution in [2.75, 3.05) is 0 Å². The van der Waals surface area contributed by atoms with Crippen LogP contribution in [0.4, 0.5) is 0 Å². The van der Waals surface area contributed by atoms with Crippen LogP contribution in [0.5, 0.6) is 0 Å². The molecule has 9 atom stereocenters. The zero-order valence-electron chi connectivity index (χ0n) is 17.1. The number of aliphatic hydroxyl groups excluding tert-OH is 3. The number of rotatable bonds is 1. The molecule has 28 heavy (non-hydrogen) atoms. The molecular weight excluding hydrogens is 360 g/mol. The van der Waals surface area contributed by atoms with Crippen LogP contribution in [-0.2, 0) is 14.3 Å². The van der Waals surface area contributed by atoms with Crippen molar-refractivity contribution in [1.29, 1.82) is 0 Å². The van der Waals surface area contributed by atoms with E-state index in [4.69, 9.17) is 4.74 Å². The van der Waals surface area contributed by atoms with Crippen LogP contribution in [0.2, 0.25) is 0 Å². The third-order valence-electron chi connectivity index (χ3n) is 8.75. The summed E-state index contributed by atoms with van der Waals surface area (Å²) in [6.07, 6.45) is -1.27. The Labute approximate surface area is 166 Å². The van der Waals surface area contributed by atoms with Crippen LogP contribution in [0.25, 0.3) is 0 Å². The first-order valence-electron chi connectivity index (χ1n) is 10.3. The molecule has 0 amide bonds. The summed E-state index contributed by atoms with van der Waals surface area (Å²) < 4.78 is 5.66. The number of ketones is 1. The van der Waals surface area contributed by atoms with Crippen LogP contribution in [0, 0.1) is 34.0 Å². The lowest BCUT2D eigenvalue weighted by molar-refractivity contribution is -0.258. The van der Waals surface area contributed by atoms with Crippen molar-refractivity contribution in [2.45, 2.75) is 77.8 Å². The van der Waals surface area contributed by atoms with Gasteiger partial charge >= 0.3 is 5.97 Å². The van der Waals surface area contributed by atoms with E-state index in [0.717, 1.165) is 0 Å². The van der Waals surface area contributed by atoms with Crippen molar-refractivity contribution in [3.63, 3.8) is 0 Å². The van der Waals surface area contributed by atoms with Gasteiger partial charge in [-0.15, -0.1) is 0 Å². The number of aliphatic hydroxyl groups is 3. The van der Waals surface area contributed by atoms with Gasteiger partial charge in [0, 0.05) is 24.2 Å². The fraction of sp³-hybridized carbons (Fsp3) is 0.818. The van der Waals surface area contributed by atoms with Crippen molar-refractivity contribution in [3.8, 4) is 0 Å². The molecule has 0 radical (unpaired) electrons. The molecule has 6 nitrogen and oxygen atoms in total. The maximum absolute atomic E-state index is 13.4. The third-order valence-corrected chi connectivity index (χ3v) is 8.75. The van der Waals surface area contributed by atoms with Gasteiger partial charge in [0.15, 0.2) is 5.78 Å². The minimum Gasteiger partial charge on any atom is -0.459 e. The average molecular weight is 392 g/mol. The van der Waals surface area contributed by atoms with Crippen LogP contribution < -0.4 is 0 Å². The van der Waals surface area contributed by atoms with Crippen LogP contribution in [0.3, 0.4) is 0 Å². The lowest BCUT2D eigenvalue weighted by Gasteiger charge is -2.66. The second-order valence-corrected chi connectivity index (χ2v) is 10.5. The molecule has 3 N–H and O–H groups in total. The second-order valence-electron chi connectivity index (χ2n) is 10.5. The highest BCUT2D eigenvalue weighted by Crippen LogP contribution is 2.71. The van der Waals surface area contributed by atoms with E-state index >= 15 is 0 Å². The molecule has 4 saturated carbocycles. The number of hydrogen-bond acceptors (Lipinski definition) is 6. The van der Waals surface area contributed by atoms with Gasteiger partial charge in [-0.25, -0.2) is 0 Å². The molecule has 6 heteroatoms. The maximum atomic E-state index is 13.4. The van der Waals surface area contributed by atoms with Crippen molar-refractivity contribution in [2.24, 2.45) is 34.0 Å². The van der Waals surface area contributed by atoms with E-state index in [1.165, 1.54) is 6.92 Å². The molecule has 0 aromatic rings. The number of fused-ring (bicyclic) bond motifs is 3. The van der Waals surface area contributed by atoms with E-state index < -0.39 is 58.5 Å². The Hall–Kier alpha value is -1.24. The molecular formula is C22H32O6. The summed E-state index contributed by atoms with van der Waals surface area (Å²) in [7, 11) is 0. The number of ether oxygens (including phenoxy) is 1. The highest BCUT2D eigenvalue weighted by Gasteiger charge is 2.74. The molecule has 2 bridgehead atoms. The van der Waals surface area contributed by atoms with Gasteiger partial charge in [0.2, 0.25) is 0 Å². The smallest absolute Gasteiger partial charge is 0.303 e. The van der Waals surface area contributed by atoms with Gasteiger partial charge in [0.05, 0.1) is 18.3 Å². The Morgan fingerprint density at radius 1 is 1.14 bits per heavy atom. The Balaban J connectivity index is 1.91. The first-order valence-corrected chi connectivity index (χ1v) is 10.3. The number of hydrogen-bond donors (Lipinski definition) is 3. The minimum absolute atomic E-state index is 0.0983. The number of carbonyl (C=O) groups excluding carboxylic acids is 2. The molecule has 156 valence electrons. The van der Waals surface area contributed by atoms with Crippen LogP contribution in [0.1, 0.15) is 53.4 Å². The van der Waals surface area contributed by atoms with E-state index in [9.17, 15) is 24.9 Å². The molecule has 0 aliphatic heterocycles. The predicted molar refractivity (Wildman–Crippen MR) is 101 cm³/mol. The first-order chi connectivity index (χ1) is 12.9. The van der Waals surface area contributed by atoms with Crippen LogP contribution in [0.15, 0.2) is 12.2 Å². The van der Waals surface area contributed by atoms with E-state index in [1.54, 1.807) is 0 Å². The molecule has 0 saturated heterocycles. The summed E-state index contributed by atoms with van der Waals surface area (Å²) in [6.45, 7) is 11.2. The third kappa shape index (κ3) is 2.25. The molecule has 0 aromatic carbocycles. The molecule has 4 aliphatic rings. The van der Waals surface area contributed by atoms with Gasteiger partial charge in [-0.2, -0.15) is 0 Å². The highest BCUT2D eigenvalue weighted by molar-refractivity contribution is 6.03. The number of carbonyl (C=O) groups is 2. The zero-order valence-corrected chi connectivity index (χ0v) is 17.1. The lowest BCUT2D eigenvalue weighted by atomic mass is 9.39. The van der Waals surface area contributed by atoms with E-state index in [0.29, 0.717) is 24.8 Å². The summed E-state index contributed by atoms with van der Waals surface area (Å²) in [5.74, 6) is -1.72. The molecule has 4 fully saturated rings. The number of Topliss-reactive ketones (excluding diaryl/α,β-unsaturated/α-hetero) is 1. The van der Waals surface area contributed by atoms with Crippen molar-refractivity contribution >= 4 is 11.8 Å². The molecule has 0 heterocycles.